The van der Waals surface area contributed by atoms with Gasteiger partial charge in [0.05, 0.1) is 21.6 Å². The summed E-state index contributed by atoms with van der Waals surface area (Å²) in [6, 6.07) is 5.13. The Bertz CT molecular complexity index is 1040. The first kappa shape index (κ1) is 20.4. The highest BCUT2D eigenvalue weighted by atomic mass is 79.9. The number of nitrogens with zero attached hydrogens (tertiary/aromatic N) is 4. The van der Waals surface area contributed by atoms with Crippen LogP contribution in [-0.4, -0.2) is 32.7 Å². The Kier molecular flexibility index (Phi) is 5.67. The SMILES string of the molecule is FC(F)(F)CNCc1cc(Cl)cnc1Oc1ccc2c(nnn2CC2CC2)c1Br. The van der Waals surface area contributed by atoms with Crippen molar-refractivity contribution in [3.05, 3.63) is 39.5 Å². The molecule has 1 N–H and O–H groups in total. The van der Waals surface area contributed by atoms with E-state index in [0.29, 0.717) is 32.2 Å². The van der Waals surface area contributed by atoms with Crippen LogP contribution in [0.1, 0.15) is 18.4 Å². The van der Waals surface area contributed by atoms with Crippen molar-refractivity contribution in [1.82, 2.24) is 25.3 Å². The van der Waals surface area contributed by atoms with Crippen molar-refractivity contribution in [2.24, 2.45) is 5.92 Å². The summed E-state index contributed by atoms with van der Waals surface area (Å²) in [5.41, 5.74) is 1.94. The number of hydrogen-bond donors (Lipinski definition) is 1. The van der Waals surface area contributed by atoms with Crippen LogP contribution in [0, 0.1) is 5.92 Å². The number of hydrogen-bond acceptors (Lipinski definition) is 5. The zero-order valence-corrected chi connectivity index (χ0v) is 17.4. The van der Waals surface area contributed by atoms with Gasteiger partial charge >= 0.3 is 6.18 Å². The van der Waals surface area contributed by atoms with E-state index in [1.54, 1.807) is 6.07 Å². The maximum Gasteiger partial charge on any atom is 0.401 e. The molecule has 1 saturated carbocycles. The Labute approximate surface area is 177 Å². The molecule has 2 heterocycles. The topological polar surface area (TPSA) is 64.9 Å². The molecule has 1 aliphatic rings. The predicted molar refractivity (Wildman–Crippen MR) is 105 cm³/mol. The smallest absolute Gasteiger partial charge is 0.401 e. The highest BCUT2D eigenvalue weighted by molar-refractivity contribution is 9.10. The molecule has 6 nitrogen and oxygen atoms in total. The van der Waals surface area contributed by atoms with E-state index >= 15 is 0 Å². The molecule has 0 atom stereocenters. The molecule has 0 unspecified atom stereocenters. The van der Waals surface area contributed by atoms with Crippen molar-refractivity contribution in [1.29, 1.82) is 0 Å². The summed E-state index contributed by atoms with van der Waals surface area (Å²) in [5.74, 6) is 1.25. The van der Waals surface area contributed by atoms with Crippen LogP contribution >= 0.6 is 27.5 Å². The zero-order valence-electron chi connectivity index (χ0n) is 15.0. The average molecular weight is 491 g/mol. The third kappa shape index (κ3) is 4.99. The second kappa shape index (κ2) is 8.08. The number of halogens is 5. The quantitative estimate of drug-likeness (QED) is 0.499. The predicted octanol–water partition coefficient (Wildman–Crippen LogP) is 5.10. The van der Waals surface area contributed by atoms with Gasteiger partial charge in [-0.3, -0.25) is 0 Å². The molecule has 1 fully saturated rings. The molecule has 4 rings (SSSR count). The number of rotatable bonds is 7. The van der Waals surface area contributed by atoms with Gasteiger partial charge in [0.1, 0.15) is 11.3 Å². The molecule has 154 valence electrons. The average Bonchev–Trinajstić information content (AvgIpc) is 3.37. The standard InChI is InChI=1S/C18H16BrClF3N5O/c19-15-14(4-3-13-16(15)26-27-28(13)8-10-1-2-10)29-17-11(5-12(20)7-25-17)6-24-9-18(21,22)23/h3-5,7,10,24H,1-2,6,8-9H2. The van der Waals surface area contributed by atoms with Crippen LogP contribution in [0.3, 0.4) is 0 Å². The lowest BCUT2D eigenvalue weighted by Crippen LogP contribution is -2.28. The summed E-state index contributed by atoms with van der Waals surface area (Å²) >= 11 is 9.44. The van der Waals surface area contributed by atoms with E-state index in [2.05, 4.69) is 36.5 Å². The fourth-order valence-electron chi connectivity index (χ4n) is 2.88. The molecular formula is C18H16BrClF3N5O. The van der Waals surface area contributed by atoms with Crippen LogP contribution in [0.5, 0.6) is 11.6 Å². The summed E-state index contributed by atoms with van der Waals surface area (Å²) < 4.78 is 45.6. The van der Waals surface area contributed by atoms with Gasteiger partial charge in [-0.25, -0.2) is 9.67 Å². The molecule has 0 amide bonds. The van der Waals surface area contributed by atoms with Gasteiger partial charge < -0.3 is 10.1 Å². The van der Waals surface area contributed by atoms with E-state index in [-0.39, 0.29) is 12.4 Å². The number of fused-ring (bicyclic) bond motifs is 1. The molecule has 11 heteroatoms. The summed E-state index contributed by atoms with van der Waals surface area (Å²) in [6.07, 6.45) is -0.524. The van der Waals surface area contributed by atoms with Crippen molar-refractivity contribution in [3.8, 4) is 11.6 Å². The van der Waals surface area contributed by atoms with E-state index in [4.69, 9.17) is 16.3 Å². The summed E-state index contributed by atoms with van der Waals surface area (Å²) in [6.45, 7) is -0.393. The molecule has 2 aromatic heterocycles. The Morgan fingerprint density at radius 2 is 2.10 bits per heavy atom. The highest BCUT2D eigenvalue weighted by Gasteiger charge is 2.27. The molecular weight excluding hydrogens is 475 g/mol. The minimum Gasteiger partial charge on any atom is -0.437 e. The molecule has 1 aromatic carbocycles. The maximum atomic E-state index is 12.4. The first-order valence-electron chi connectivity index (χ1n) is 8.91. The number of alkyl halides is 3. The van der Waals surface area contributed by atoms with Gasteiger partial charge in [-0.1, -0.05) is 16.8 Å². The lowest BCUT2D eigenvalue weighted by atomic mass is 10.2. The van der Waals surface area contributed by atoms with E-state index in [0.717, 1.165) is 12.1 Å². The monoisotopic (exact) mass is 489 g/mol. The summed E-state index contributed by atoms with van der Waals surface area (Å²) in [5, 5.41) is 11.1. The number of aromatic nitrogens is 4. The minimum absolute atomic E-state index is 0.0974. The van der Waals surface area contributed by atoms with Crippen LogP contribution in [0.15, 0.2) is 28.9 Å². The molecule has 0 saturated heterocycles. The third-order valence-corrected chi connectivity index (χ3v) is 5.43. The van der Waals surface area contributed by atoms with Crippen molar-refractivity contribution >= 4 is 38.6 Å². The van der Waals surface area contributed by atoms with E-state index in [9.17, 15) is 13.2 Å². The van der Waals surface area contributed by atoms with Crippen molar-refractivity contribution < 1.29 is 17.9 Å². The summed E-state index contributed by atoms with van der Waals surface area (Å²) in [7, 11) is 0. The molecule has 0 radical (unpaired) electrons. The molecule has 1 aliphatic carbocycles. The molecule has 0 bridgehead atoms. The molecule has 29 heavy (non-hydrogen) atoms. The second-order valence-corrected chi connectivity index (χ2v) is 8.13. The van der Waals surface area contributed by atoms with Crippen molar-refractivity contribution in [2.75, 3.05) is 6.54 Å². The number of nitrogens with one attached hydrogen (secondary N) is 1. The van der Waals surface area contributed by atoms with Crippen molar-refractivity contribution in [2.45, 2.75) is 32.1 Å². The van der Waals surface area contributed by atoms with Gasteiger partial charge in [-0.05, 0) is 52.9 Å². The Hall–Kier alpha value is -1.91. The van der Waals surface area contributed by atoms with Gasteiger partial charge in [-0.15, -0.1) is 5.10 Å². The second-order valence-electron chi connectivity index (χ2n) is 6.90. The third-order valence-electron chi connectivity index (χ3n) is 4.46. The van der Waals surface area contributed by atoms with Crippen LogP contribution in [0.2, 0.25) is 5.02 Å². The molecule has 0 spiro atoms. The van der Waals surface area contributed by atoms with Crippen LogP contribution in [0.4, 0.5) is 13.2 Å². The largest absolute Gasteiger partial charge is 0.437 e. The van der Waals surface area contributed by atoms with E-state index in [1.165, 1.54) is 25.1 Å². The number of benzene rings is 1. The van der Waals surface area contributed by atoms with E-state index in [1.807, 2.05) is 10.7 Å². The maximum absolute atomic E-state index is 12.4. The van der Waals surface area contributed by atoms with Gasteiger partial charge in [0.2, 0.25) is 5.88 Å². The van der Waals surface area contributed by atoms with Gasteiger partial charge in [-0.2, -0.15) is 13.2 Å². The Morgan fingerprint density at radius 3 is 2.83 bits per heavy atom. The number of ether oxygens (including phenoxy) is 1. The lowest BCUT2D eigenvalue weighted by molar-refractivity contribution is -0.125. The van der Waals surface area contributed by atoms with Crippen LogP contribution in [0.25, 0.3) is 11.0 Å². The van der Waals surface area contributed by atoms with E-state index < -0.39 is 12.7 Å². The fraction of sp³-hybridized carbons (Fsp3) is 0.389. The first-order chi connectivity index (χ1) is 13.8. The zero-order chi connectivity index (χ0) is 20.6. The highest BCUT2D eigenvalue weighted by Crippen LogP contribution is 2.37. The van der Waals surface area contributed by atoms with Crippen molar-refractivity contribution in [3.63, 3.8) is 0 Å². The van der Waals surface area contributed by atoms with Gasteiger partial charge in [0.25, 0.3) is 0 Å². The van der Waals surface area contributed by atoms with Gasteiger partial charge in [0, 0.05) is 24.8 Å². The fourth-order valence-corrected chi connectivity index (χ4v) is 3.55. The number of pyridine rings is 1. The van der Waals surface area contributed by atoms with Crippen LogP contribution < -0.4 is 10.1 Å². The Balaban J connectivity index is 1.56. The first-order valence-corrected chi connectivity index (χ1v) is 10.1. The molecule has 3 aromatic rings. The van der Waals surface area contributed by atoms with Gasteiger partial charge in [0.15, 0.2) is 0 Å². The summed E-state index contributed by atoms with van der Waals surface area (Å²) in [4.78, 5) is 4.13. The molecule has 0 aliphatic heterocycles. The Morgan fingerprint density at radius 1 is 1.31 bits per heavy atom. The normalized spacial score (nSPS) is 14.5. The lowest BCUT2D eigenvalue weighted by Gasteiger charge is -2.13. The minimum atomic E-state index is -4.31. The van der Waals surface area contributed by atoms with Crippen LogP contribution in [-0.2, 0) is 13.1 Å².